The second kappa shape index (κ2) is 7.32. The highest BCUT2D eigenvalue weighted by Gasteiger charge is 2.17. The molecular weight excluding hydrogens is 316 g/mol. The van der Waals surface area contributed by atoms with Crippen molar-refractivity contribution in [3.05, 3.63) is 30.5 Å². The number of ether oxygens (including phenoxy) is 1. The Balaban J connectivity index is 1.94. The van der Waals surface area contributed by atoms with Crippen LogP contribution in [0.15, 0.2) is 40.3 Å². The molecule has 1 aromatic carbocycles. The van der Waals surface area contributed by atoms with Gasteiger partial charge in [0.25, 0.3) is 0 Å². The summed E-state index contributed by atoms with van der Waals surface area (Å²) in [7, 11) is 0. The highest BCUT2D eigenvalue weighted by molar-refractivity contribution is 7.98. The molecule has 7 heteroatoms. The van der Waals surface area contributed by atoms with E-state index in [0.29, 0.717) is 0 Å². The molecule has 0 aliphatic carbocycles. The molecular formula is C15H18N4OS2. The third kappa shape index (κ3) is 3.38. The van der Waals surface area contributed by atoms with Gasteiger partial charge in [-0.3, -0.25) is 5.14 Å². The second-order valence-electron chi connectivity index (χ2n) is 4.83. The van der Waals surface area contributed by atoms with Gasteiger partial charge in [0, 0.05) is 29.7 Å². The minimum Gasteiger partial charge on any atom is -0.378 e. The van der Waals surface area contributed by atoms with Gasteiger partial charge >= 0.3 is 0 Å². The van der Waals surface area contributed by atoms with E-state index in [1.807, 2.05) is 30.5 Å². The molecule has 5 nitrogen and oxygen atoms in total. The Kier molecular flexibility index (Phi) is 5.20. The average molecular weight is 334 g/mol. The van der Waals surface area contributed by atoms with E-state index in [1.54, 1.807) is 11.8 Å². The van der Waals surface area contributed by atoms with Crippen molar-refractivity contribution in [2.75, 3.05) is 37.5 Å². The number of hydrogen-bond donors (Lipinski definition) is 1. The largest absolute Gasteiger partial charge is 0.378 e. The molecule has 0 atom stereocenters. The first-order valence-corrected chi connectivity index (χ1v) is 9.13. The second-order valence-corrected chi connectivity index (χ2v) is 6.38. The Hall–Kier alpha value is -1.28. The molecule has 0 bridgehead atoms. The molecule has 0 saturated carbocycles. The van der Waals surface area contributed by atoms with Crippen LogP contribution in [-0.4, -0.2) is 42.5 Å². The summed E-state index contributed by atoms with van der Waals surface area (Å²) in [5.74, 6) is 1.74. The van der Waals surface area contributed by atoms with Crippen molar-refractivity contribution in [2.45, 2.75) is 9.79 Å². The summed E-state index contributed by atoms with van der Waals surface area (Å²) in [6.45, 7) is 3.23. The standard InChI is InChI=1S/C15H18N4OS2/c1-21-13-10-17-14(11-2-4-12(22-16)5-3-11)18-15(13)19-6-8-20-9-7-19/h2-5,10H,6-9,16H2,1H3. The molecule has 1 aliphatic rings. The SMILES string of the molecule is CSc1cnc(-c2ccc(SN)cc2)nc1N1CCOCC1. The molecule has 0 amide bonds. The minimum atomic E-state index is 0.743. The molecule has 22 heavy (non-hydrogen) atoms. The van der Waals surface area contributed by atoms with Crippen LogP contribution in [0.4, 0.5) is 5.82 Å². The number of anilines is 1. The van der Waals surface area contributed by atoms with E-state index in [1.165, 1.54) is 11.9 Å². The van der Waals surface area contributed by atoms with E-state index in [9.17, 15) is 0 Å². The van der Waals surface area contributed by atoms with E-state index in [4.69, 9.17) is 14.9 Å². The molecule has 1 saturated heterocycles. The summed E-state index contributed by atoms with van der Waals surface area (Å²) in [5, 5.41) is 5.56. The maximum atomic E-state index is 5.56. The molecule has 0 radical (unpaired) electrons. The van der Waals surface area contributed by atoms with E-state index >= 15 is 0 Å². The van der Waals surface area contributed by atoms with Crippen LogP contribution in [0.2, 0.25) is 0 Å². The normalized spacial score (nSPS) is 15.1. The van der Waals surface area contributed by atoms with Crippen LogP contribution in [0.3, 0.4) is 0 Å². The number of nitrogens with two attached hydrogens (primary N) is 1. The molecule has 3 rings (SSSR count). The van der Waals surface area contributed by atoms with Crippen molar-refractivity contribution in [3.8, 4) is 11.4 Å². The first-order valence-electron chi connectivity index (χ1n) is 7.02. The summed E-state index contributed by atoms with van der Waals surface area (Å²) >= 11 is 2.91. The van der Waals surface area contributed by atoms with Gasteiger partial charge in [0.2, 0.25) is 0 Å². The smallest absolute Gasteiger partial charge is 0.161 e. The Morgan fingerprint density at radius 1 is 1.18 bits per heavy atom. The summed E-state index contributed by atoms with van der Waals surface area (Å²) in [4.78, 5) is 13.7. The molecule has 2 N–H and O–H groups in total. The maximum absolute atomic E-state index is 5.56. The van der Waals surface area contributed by atoms with Crippen LogP contribution in [0, 0.1) is 0 Å². The Morgan fingerprint density at radius 3 is 2.55 bits per heavy atom. The minimum absolute atomic E-state index is 0.743. The third-order valence-corrected chi connectivity index (χ3v) is 4.79. The van der Waals surface area contributed by atoms with Crippen molar-refractivity contribution in [3.63, 3.8) is 0 Å². The number of benzene rings is 1. The fourth-order valence-electron chi connectivity index (χ4n) is 2.33. The number of hydrogen-bond acceptors (Lipinski definition) is 7. The zero-order valence-corrected chi connectivity index (χ0v) is 14.0. The zero-order chi connectivity index (χ0) is 15.4. The predicted molar refractivity (Wildman–Crippen MR) is 92.3 cm³/mol. The molecule has 116 valence electrons. The van der Waals surface area contributed by atoms with Gasteiger partial charge in [0.15, 0.2) is 5.82 Å². The van der Waals surface area contributed by atoms with Gasteiger partial charge in [0.05, 0.1) is 18.1 Å². The number of thioether (sulfide) groups is 1. The Labute approximate surface area is 138 Å². The lowest BCUT2D eigenvalue weighted by molar-refractivity contribution is 0.122. The third-order valence-electron chi connectivity index (χ3n) is 3.52. The van der Waals surface area contributed by atoms with Crippen LogP contribution in [0.1, 0.15) is 0 Å². The van der Waals surface area contributed by atoms with Gasteiger partial charge in [-0.1, -0.05) is 12.1 Å². The predicted octanol–water partition coefficient (Wildman–Crippen LogP) is 2.67. The van der Waals surface area contributed by atoms with Gasteiger partial charge in [-0.05, 0) is 30.3 Å². The fourth-order valence-corrected chi connectivity index (χ4v) is 3.14. The maximum Gasteiger partial charge on any atom is 0.161 e. The van der Waals surface area contributed by atoms with Crippen LogP contribution < -0.4 is 10.0 Å². The molecule has 1 aromatic heterocycles. The number of aromatic nitrogens is 2. The zero-order valence-electron chi connectivity index (χ0n) is 12.4. The fraction of sp³-hybridized carbons (Fsp3) is 0.333. The van der Waals surface area contributed by atoms with Crippen LogP contribution in [0.5, 0.6) is 0 Å². The molecule has 0 spiro atoms. The lowest BCUT2D eigenvalue weighted by Gasteiger charge is -2.29. The van der Waals surface area contributed by atoms with E-state index in [0.717, 1.165) is 53.3 Å². The lowest BCUT2D eigenvalue weighted by Crippen LogP contribution is -2.37. The highest BCUT2D eigenvalue weighted by atomic mass is 32.2. The molecule has 0 unspecified atom stereocenters. The Morgan fingerprint density at radius 2 is 1.91 bits per heavy atom. The molecule has 2 heterocycles. The number of nitrogens with zero attached hydrogens (tertiary/aromatic N) is 3. The van der Waals surface area contributed by atoms with Crippen LogP contribution in [-0.2, 0) is 4.74 Å². The van der Waals surface area contributed by atoms with Gasteiger partial charge in [0.1, 0.15) is 5.82 Å². The average Bonchev–Trinajstić information content (AvgIpc) is 2.62. The summed E-state index contributed by atoms with van der Waals surface area (Å²) in [6.07, 6.45) is 3.96. The van der Waals surface area contributed by atoms with Crippen LogP contribution in [0.25, 0.3) is 11.4 Å². The first-order chi connectivity index (χ1) is 10.8. The number of rotatable bonds is 4. The van der Waals surface area contributed by atoms with Gasteiger partial charge in [-0.2, -0.15) is 0 Å². The van der Waals surface area contributed by atoms with Crippen molar-refractivity contribution >= 4 is 29.5 Å². The van der Waals surface area contributed by atoms with E-state index < -0.39 is 0 Å². The molecule has 2 aromatic rings. The van der Waals surface area contributed by atoms with Crippen molar-refractivity contribution in [2.24, 2.45) is 5.14 Å². The van der Waals surface area contributed by atoms with Crippen molar-refractivity contribution in [1.82, 2.24) is 9.97 Å². The Bertz CT molecular complexity index is 630. The van der Waals surface area contributed by atoms with Crippen molar-refractivity contribution < 1.29 is 4.74 Å². The van der Waals surface area contributed by atoms with Crippen LogP contribution >= 0.6 is 23.7 Å². The van der Waals surface area contributed by atoms with Crippen molar-refractivity contribution in [1.29, 1.82) is 0 Å². The lowest BCUT2D eigenvalue weighted by atomic mass is 10.2. The molecule has 1 aliphatic heterocycles. The summed E-state index contributed by atoms with van der Waals surface area (Å²) < 4.78 is 5.43. The number of morpholine rings is 1. The van der Waals surface area contributed by atoms with Gasteiger partial charge in [-0.15, -0.1) is 11.8 Å². The highest BCUT2D eigenvalue weighted by Crippen LogP contribution is 2.29. The van der Waals surface area contributed by atoms with E-state index in [-0.39, 0.29) is 0 Å². The van der Waals surface area contributed by atoms with E-state index in [2.05, 4.69) is 16.1 Å². The summed E-state index contributed by atoms with van der Waals surface area (Å²) in [6, 6.07) is 7.99. The topological polar surface area (TPSA) is 64.3 Å². The van der Waals surface area contributed by atoms with Gasteiger partial charge < -0.3 is 9.64 Å². The molecule has 1 fully saturated rings. The summed E-state index contributed by atoms with van der Waals surface area (Å²) in [5.41, 5.74) is 1.000. The van der Waals surface area contributed by atoms with Gasteiger partial charge in [-0.25, -0.2) is 9.97 Å². The monoisotopic (exact) mass is 334 g/mol. The quantitative estimate of drug-likeness (QED) is 0.681. The first kappa shape index (κ1) is 15.6.